The van der Waals surface area contributed by atoms with Gasteiger partial charge in [-0.2, -0.15) is 0 Å². The number of hydrogen-bond acceptors (Lipinski definition) is 3. The van der Waals surface area contributed by atoms with Gasteiger partial charge in [-0.15, -0.1) is 0 Å². The van der Waals surface area contributed by atoms with Crippen LogP contribution < -0.4 is 0 Å². The Balaban J connectivity index is 2.28. The van der Waals surface area contributed by atoms with Crippen LogP contribution in [-0.4, -0.2) is 22.0 Å². The monoisotopic (exact) mass is 228 g/mol. The van der Waals surface area contributed by atoms with Crippen LogP contribution in [0.1, 0.15) is 6.42 Å². The third-order valence-corrected chi connectivity index (χ3v) is 3.91. The van der Waals surface area contributed by atoms with Gasteiger partial charge in [-0.05, 0) is 12.1 Å². The molecule has 0 amide bonds. The third-order valence-electron chi connectivity index (χ3n) is 2.20. The molecule has 1 aromatic carbocycles. The molecule has 1 aromatic rings. The van der Waals surface area contributed by atoms with Crippen LogP contribution >= 0.6 is 0 Å². The van der Waals surface area contributed by atoms with Gasteiger partial charge < -0.3 is 4.74 Å². The van der Waals surface area contributed by atoms with E-state index >= 15 is 0 Å². The molecule has 1 heterocycles. The van der Waals surface area contributed by atoms with Crippen molar-refractivity contribution in [2.45, 2.75) is 16.6 Å². The summed E-state index contributed by atoms with van der Waals surface area (Å²) in [5, 5.41) is -0.720. The van der Waals surface area contributed by atoms with Crippen LogP contribution in [0.3, 0.4) is 0 Å². The van der Waals surface area contributed by atoms with E-state index in [0.717, 1.165) is 0 Å². The average Bonchev–Trinajstić information content (AvgIpc) is 2.64. The quantitative estimate of drug-likeness (QED) is 0.715. The highest BCUT2D eigenvalue weighted by Crippen LogP contribution is 2.21. The molecule has 80 valence electrons. The summed E-state index contributed by atoms with van der Waals surface area (Å²) in [6, 6.07) is 5.77. The Hall–Kier alpha value is -1.23. The Labute approximate surface area is 88.7 Å². The molecule has 0 aromatic heterocycles. The summed E-state index contributed by atoms with van der Waals surface area (Å²) in [6.45, 7) is 0.268. The molecule has 1 fully saturated rings. The zero-order chi connectivity index (χ0) is 10.8. The molecule has 0 bridgehead atoms. The van der Waals surface area contributed by atoms with Crippen LogP contribution in [0.25, 0.3) is 0 Å². The van der Waals surface area contributed by atoms with Crippen molar-refractivity contribution in [3.63, 3.8) is 0 Å². The zero-order valence-electron chi connectivity index (χ0n) is 7.81. The lowest BCUT2D eigenvalue weighted by Gasteiger charge is -2.06. The van der Waals surface area contributed by atoms with Crippen molar-refractivity contribution in [1.29, 1.82) is 0 Å². The van der Waals surface area contributed by atoms with Crippen molar-refractivity contribution in [3.8, 4) is 0 Å². The van der Waals surface area contributed by atoms with Gasteiger partial charge in [0.15, 0.2) is 0 Å². The Kier molecular flexibility index (Phi) is 2.81. The van der Waals surface area contributed by atoms with E-state index in [1.165, 1.54) is 18.2 Å². The van der Waals surface area contributed by atoms with E-state index < -0.39 is 27.8 Å². The minimum atomic E-state index is -1.65. The Morgan fingerprint density at radius 3 is 2.73 bits per heavy atom. The Morgan fingerprint density at radius 2 is 2.13 bits per heavy atom. The van der Waals surface area contributed by atoms with E-state index in [1.807, 2.05) is 0 Å². The summed E-state index contributed by atoms with van der Waals surface area (Å²) in [7, 11) is -1.65. The lowest BCUT2D eigenvalue weighted by atomic mass is 10.3. The van der Waals surface area contributed by atoms with E-state index in [-0.39, 0.29) is 11.5 Å². The van der Waals surface area contributed by atoms with Crippen molar-refractivity contribution >= 4 is 16.8 Å². The maximum atomic E-state index is 13.3. The summed E-state index contributed by atoms with van der Waals surface area (Å²) in [4.78, 5) is 11.2. The van der Waals surface area contributed by atoms with Crippen molar-refractivity contribution < 1.29 is 18.1 Å². The third kappa shape index (κ3) is 1.92. The molecule has 0 N–H and O–H groups in total. The molecule has 2 atom stereocenters. The topological polar surface area (TPSA) is 43.4 Å². The van der Waals surface area contributed by atoms with Crippen LogP contribution in [0, 0.1) is 5.82 Å². The van der Waals surface area contributed by atoms with Gasteiger partial charge in [-0.1, -0.05) is 12.1 Å². The minimum absolute atomic E-state index is 0.0707. The summed E-state index contributed by atoms with van der Waals surface area (Å²) in [5.74, 6) is -1.05. The van der Waals surface area contributed by atoms with Crippen molar-refractivity contribution in [3.05, 3.63) is 30.1 Å². The van der Waals surface area contributed by atoms with E-state index in [0.29, 0.717) is 6.42 Å². The molecule has 1 saturated heterocycles. The number of cyclic esters (lactones) is 1. The molecular weight excluding hydrogens is 219 g/mol. The van der Waals surface area contributed by atoms with Gasteiger partial charge in [-0.25, -0.2) is 4.39 Å². The maximum absolute atomic E-state index is 13.3. The second-order valence-corrected chi connectivity index (χ2v) is 4.78. The molecule has 3 nitrogen and oxygen atoms in total. The van der Waals surface area contributed by atoms with E-state index in [1.54, 1.807) is 6.07 Å². The normalized spacial score (nSPS) is 22.5. The molecule has 5 heteroatoms. The Morgan fingerprint density at radius 1 is 1.40 bits per heavy atom. The van der Waals surface area contributed by atoms with Crippen molar-refractivity contribution in [2.24, 2.45) is 0 Å². The average molecular weight is 228 g/mol. The summed E-state index contributed by atoms with van der Waals surface area (Å²) in [6.07, 6.45) is 0.389. The fraction of sp³-hybridized carbons (Fsp3) is 0.300. The van der Waals surface area contributed by atoms with Gasteiger partial charge in [0.1, 0.15) is 11.1 Å². The van der Waals surface area contributed by atoms with E-state index in [2.05, 4.69) is 0 Å². The number of halogens is 1. The van der Waals surface area contributed by atoms with Crippen molar-refractivity contribution in [1.82, 2.24) is 0 Å². The molecule has 2 unspecified atom stereocenters. The van der Waals surface area contributed by atoms with Crippen LogP contribution in [0.15, 0.2) is 29.2 Å². The first kappa shape index (κ1) is 10.3. The smallest absolute Gasteiger partial charge is 0.322 e. The van der Waals surface area contributed by atoms with Crippen LogP contribution in [0.4, 0.5) is 4.39 Å². The number of carbonyl (C=O) groups excluding carboxylic acids is 1. The van der Waals surface area contributed by atoms with Crippen LogP contribution in [0.5, 0.6) is 0 Å². The molecule has 0 radical (unpaired) electrons. The standard InChI is InChI=1S/C10H9FO3S/c11-7-3-1-2-4-8(7)15(13)9-5-6-14-10(9)12/h1-4,9H,5-6H2. The minimum Gasteiger partial charge on any atom is -0.465 e. The summed E-state index contributed by atoms with van der Waals surface area (Å²) in [5.41, 5.74) is 0. The first-order valence-electron chi connectivity index (χ1n) is 4.52. The fourth-order valence-electron chi connectivity index (χ4n) is 1.43. The first-order valence-corrected chi connectivity index (χ1v) is 5.73. The highest BCUT2D eigenvalue weighted by atomic mass is 32.2. The van der Waals surface area contributed by atoms with Crippen molar-refractivity contribution in [2.75, 3.05) is 6.61 Å². The fourth-order valence-corrected chi connectivity index (χ4v) is 2.77. The predicted octanol–water partition coefficient (Wildman–Crippen LogP) is 1.25. The van der Waals surface area contributed by atoms with Gasteiger partial charge >= 0.3 is 5.97 Å². The molecular formula is C10H9FO3S. The zero-order valence-corrected chi connectivity index (χ0v) is 8.63. The SMILES string of the molecule is O=C1OCCC1S(=O)c1ccccc1F. The molecule has 0 saturated carbocycles. The van der Waals surface area contributed by atoms with Gasteiger partial charge in [0.05, 0.1) is 22.3 Å². The molecule has 0 aliphatic carbocycles. The molecule has 1 aliphatic heterocycles. The second-order valence-electron chi connectivity index (χ2n) is 3.17. The second kappa shape index (κ2) is 4.10. The van der Waals surface area contributed by atoms with Gasteiger partial charge in [-0.3, -0.25) is 9.00 Å². The number of hydrogen-bond donors (Lipinski definition) is 0. The largest absolute Gasteiger partial charge is 0.465 e. The summed E-state index contributed by atoms with van der Waals surface area (Å²) >= 11 is 0. The van der Waals surface area contributed by atoms with Gasteiger partial charge in [0, 0.05) is 6.42 Å². The maximum Gasteiger partial charge on any atom is 0.322 e. The number of ether oxygens (including phenoxy) is 1. The number of benzene rings is 1. The van der Waals surface area contributed by atoms with Crippen LogP contribution in [0.2, 0.25) is 0 Å². The number of carbonyl (C=O) groups is 1. The van der Waals surface area contributed by atoms with E-state index in [9.17, 15) is 13.4 Å². The lowest BCUT2D eigenvalue weighted by Crippen LogP contribution is -2.21. The number of esters is 1. The Bertz CT molecular complexity index is 419. The first-order chi connectivity index (χ1) is 7.20. The van der Waals surface area contributed by atoms with Gasteiger partial charge in [0.2, 0.25) is 0 Å². The summed E-state index contributed by atoms with van der Waals surface area (Å²) < 4.78 is 29.8. The molecule has 0 spiro atoms. The number of rotatable bonds is 2. The van der Waals surface area contributed by atoms with Gasteiger partial charge in [0.25, 0.3) is 0 Å². The highest BCUT2D eigenvalue weighted by Gasteiger charge is 2.33. The lowest BCUT2D eigenvalue weighted by molar-refractivity contribution is -0.137. The van der Waals surface area contributed by atoms with Crippen LogP contribution in [-0.2, 0) is 20.3 Å². The van der Waals surface area contributed by atoms with E-state index in [4.69, 9.17) is 4.74 Å². The molecule has 15 heavy (non-hydrogen) atoms. The molecule has 1 aliphatic rings. The predicted molar refractivity (Wildman–Crippen MR) is 52.2 cm³/mol. The highest BCUT2D eigenvalue weighted by molar-refractivity contribution is 7.86. The molecule has 2 rings (SSSR count).